The van der Waals surface area contributed by atoms with Crippen molar-refractivity contribution in [3.8, 4) is 0 Å². The van der Waals surface area contributed by atoms with Crippen LogP contribution < -0.4 is 5.32 Å². The van der Waals surface area contributed by atoms with E-state index in [0.29, 0.717) is 6.42 Å². The van der Waals surface area contributed by atoms with Crippen LogP contribution in [-0.2, 0) is 4.79 Å². The van der Waals surface area contributed by atoms with E-state index >= 15 is 0 Å². The number of unbranched alkanes of at least 4 members (excludes halogenated alkanes) is 36. The van der Waals surface area contributed by atoms with Crippen molar-refractivity contribution in [1.82, 2.24) is 5.32 Å². The third-order valence-electron chi connectivity index (χ3n) is 12.4. The minimum absolute atomic E-state index is 0.00559. The third kappa shape index (κ3) is 46.1. The lowest BCUT2D eigenvalue weighted by Gasteiger charge is -2.21. The largest absolute Gasteiger partial charge is 0.394 e. The van der Waals surface area contributed by atoms with Gasteiger partial charge in [0.25, 0.3) is 0 Å². The summed E-state index contributed by atoms with van der Waals surface area (Å²) in [5.74, 6) is -0.325. The highest BCUT2D eigenvalue weighted by atomic mass is 16.3. The van der Waals surface area contributed by atoms with E-state index in [1.54, 1.807) is 6.08 Å². The number of carbonyl (C=O) groups excluding carboxylic acids is 1. The van der Waals surface area contributed by atoms with Crippen LogP contribution in [0.1, 0.15) is 284 Å². The number of aliphatic hydroxyl groups is 3. The molecule has 0 bridgehead atoms. The number of nitrogens with one attached hydrogen (secondary N) is 1. The maximum atomic E-state index is 12.5. The molecule has 0 rings (SSSR count). The van der Waals surface area contributed by atoms with E-state index in [1.807, 2.05) is 6.08 Å². The lowest BCUT2D eigenvalue weighted by Crippen LogP contribution is -2.45. The zero-order valence-electron chi connectivity index (χ0n) is 40.4. The molecule has 1 amide bonds. The van der Waals surface area contributed by atoms with Gasteiger partial charge < -0.3 is 20.6 Å². The molecule has 5 nitrogen and oxygen atoms in total. The number of allylic oxidation sites excluding steroid dienone is 5. The monoisotopic (exact) mass is 844 g/mol. The quantitative estimate of drug-likeness (QED) is 0.0363. The Bertz CT molecular complexity index is 931. The smallest absolute Gasteiger partial charge is 0.222 e. The Balaban J connectivity index is 3.62. The standard InChI is InChI=1S/C55H105NO4/c1-3-5-7-9-11-13-15-17-19-21-23-25-26-27-29-30-32-34-36-38-40-42-44-46-48-52(58)50-55(60)56-53(51-57)54(59)49-47-45-43-41-39-37-35-33-31-28-24-22-20-18-16-14-12-10-8-6-4-2/h31,33,39,41,47,49,52-54,57-59H,3-30,32,34-38,40,42-46,48,50-51H2,1-2H3,(H,56,60)/b33-31+,41-39+,49-47+. The summed E-state index contributed by atoms with van der Waals surface area (Å²) in [7, 11) is 0. The SMILES string of the molecule is CCCCCCCCCCCCC/C=C/CC/C=C/CC/C=C/C(O)C(CO)NC(=O)CC(O)CCCCCCCCCCCCCCCCCCCCCCCCCC. The fourth-order valence-electron chi connectivity index (χ4n) is 8.32. The second-order valence-electron chi connectivity index (χ2n) is 18.5. The highest BCUT2D eigenvalue weighted by Crippen LogP contribution is 2.17. The Kier molecular flexibility index (Phi) is 49.0. The van der Waals surface area contributed by atoms with Gasteiger partial charge in [0.1, 0.15) is 0 Å². The first-order chi connectivity index (χ1) is 29.5. The maximum Gasteiger partial charge on any atom is 0.222 e. The van der Waals surface area contributed by atoms with Crippen LogP contribution in [0.15, 0.2) is 36.5 Å². The number of rotatable bonds is 49. The van der Waals surface area contributed by atoms with Gasteiger partial charge in [-0.05, 0) is 44.9 Å². The van der Waals surface area contributed by atoms with E-state index in [4.69, 9.17) is 0 Å². The maximum absolute atomic E-state index is 12.5. The van der Waals surface area contributed by atoms with Crippen molar-refractivity contribution in [1.29, 1.82) is 0 Å². The molecule has 3 unspecified atom stereocenters. The molecule has 0 aliphatic carbocycles. The van der Waals surface area contributed by atoms with E-state index in [-0.39, 0.29) is 18.9 Å². The summed E-state index contributed by atoms with van der Waals surface area (Å²) in [6, 6.07) is -0.766. The molecule has 354 valence electrons. The second-order valence-corrected chi connectivity index (χ2v) is 18.5. The van der Waals surface area contributed by atoms with Crippen molar-refractivity contribution >= 4 is 5.91 Å². The number of amides is 1. The lowest BCUT2D eigenvalue weighted by molar-refractivity contribution is -0.124. The number of hydrogen-bond donors (Lipinski definition) is 4. The molecule has 0 saturated carbocycles. The summed E-state index contributed by atoms with van der Waals surface area (Å²) in [5, 5.41) is 33.4. The highest BCUT2D eigenvalue weighted by Gasteiger charge is 2.20. The van der Waals surface area contributed by atoms with Gasteiger partial charge in [0.05, 0.1) is 31.3 Å². The molecule has 0 aromatic rings. The zero-order chi connectivity index (χ0) is 43.7. The van der Waals surface area contributed by atoms with Crippen molar-refractivity contribution in [3.05, 3.63) is 36.5 Å². The molecule has 0 fully saturated rings. The number of hydrogen-bond acceptors (Lipinski definition) is 4. The lowest BCUT2D eigenvalue weighted by atomic mass is 10.0. The summed E-state index contributed by atoms with van der Waals surface area (Å²) in [6.45, 7) is 4.23. The van der Waals surface area contributed by atoms with Crippen molar-refractivity contribution in [2.45, 2.75) is 302 Å². The molecule has 0 aromatic heterocycles. The van der Waals surface area contributed by atoms with Gasteiger partial charge in [-0.3, -0.25) is 4.79 Å². The van der Waals surface area contributed by atoms with Crippen LogP contribution in [0, 0.1) is 0 Å². The second kappa shape index (κ2) is 50.2. The van der Waals surface area contributed by atoms with E-state index in [1.165, 1.54) is 218 Å². The normalized spacial score (nSPS) is 13.6. The highest BCUT2D eigenvalue weighted by molar-refractivity contribution is 5.76. The van der Waals surface area contributed by atoms with Crippen molar-refractivity contribution in [2.75, 3.05) is 6.61 Å². The predicted molar refractivity (Wildman–Crippen MR) is 264 cm³/mol. The molecular weight excluding hydrogens is 739 g/mol. The van der Waals surface area contributed by atoms with Crippen LogP contribution in [0.2, 0.25) is 0 Å². The minimum atomic E-state index is -0.959. The van der Waals surface area contributed by atoms with Gasteiger partial charge in [0, 0.05) is 0 Å². The molecule has 0 aromatic carbocycles. The molecule has 0 spiro atoms. The summed E-state index contributed by atoms with van der Waals surface area (Å²) in [4.78, 5) is 12.5. The van der Waals surface area contributed by atoms with Gasteiger partial charge in [-0.1, -0.05) is 269 Å². The average molecular weight is 844 g/mol. The van der Waals surface area contributed by atoms with Crippen LogP contribution in [0.25, 0.3) is 0 Å². The van der Waals surface area contributed by atoms with E-state index < -0.39 is 18.2 Å². The fourth-order valence-corrected chi connectivity index (χ4v) is 8.32. The van der Waals surface area contributed by atoms with Crippen molar-refractivity contribution < 1.29 is 20.1 Å². The number of aliphatic hydroxyl groups excluding tert-OH is 3. The summed E-state index contributed by atoms with van der Waals surface area (Å²) < 4.78 is 0. The topological polar surface area (TPSA) is 89.8 Å². The van der Waals surface area contributed by atoms with Gasteiger partial charge in [-0.2, -0.15) is 0 Å². The van der Waals surface area contributed by atoms with Gasteiger partial charge in [-0.15, -0.1) is 0 Å². The Morgan fingerprint density at radius 1 is 0.417 bits per heavy atom. The van der Waals surface area contributed by atoms with Gasteiger partial charge in [0.2, 0.25) is 5.91 Å². The predicted octanol–water partition coefficient (Wildman–Crippen LogP) is 16.3. The molecular formula is C55H105NO4. The molecule has 0 heterocycles. The van der Waals surface area contributed by atoms with Gasteiger partial charge in [-0.25, -0.2) is 0 Å². The first kappa shape index (κ1) is 58.6. The van der Waals surface area contributed by atoms with E-state index in [0.717, 1.165) is 38.5 Å². The molecule has 0 radical (unpaired) electrons. The van der Waals surface area contributed by atoms with E-state index in [2.05, 4.69) is 43.5 Å². The van der Waals surface area contributed by atoms with Gasteiger partial charge in [0.15, 0.2) is 0 Å². The minimum Gasteiger partial charge on any atom is -0.394 e. The van der Waals surface area contributed by atoms with Crippen molar-refractivity contribution in [3.63, 3.8) is 0 Å². The summed E-state index contributed by atoms with van der Waals surface area (Å²) in [5.41, 5.74) is 0. The Hall–Kier alpha value is -1.43. The molecule has 0 saturated heterocycles. The molecule has 5 heteroatoms. The summed E-state index contributed by atoms with van der Waals surface area (Å²) >= 11 is 0. The zero-order valence-corrected chi connectivity index (χ0v) is 40.4. The van der Waals surface area contributed by atoms with Crippen LogP contribution in [-0.4, -0.2) is 46.1 Å². The Morgan fingerprint density at radius 2 is 0.717 bits per heavy atom. The number of carbonyl (C=O) groups is 1. The van der Waals surface area contributed by atoms with E-state index in [9.17, 15) is 20.1 Å². The first-order valence-corrected chi connectivity index (χ1v) is 26.8. The molecule has 0 aliphatic heterocycles. The molecule has 0 aliphatic rings. The van der Waals surface area contributed by atoms with Crippen LogP contribution in [0.5, 0.6) is 0 Å². The van der Waals surface area contributed by atoms with Crippen LogP contribution >= 0.6 is 0 Å². The third-order valence-corrected chi connectivity index (χ3v) is 12.4. The molecule has 4 N–H and O–H groups in total. The first-order valence-electron chi connectivity index (χ1n) is 26.8. The Morgan fingerprint density at radius 3 is 1.07 bits per heavy atom. The average Bonchev–Trinajstić information content (AvgIpc) is 3.24. The fraction of sp³-hybridized carbons (Fsp3) is 0.873. The van der Waals surface area contributed by atoms with Crippen molar-refractivity contribution in [2.24, 2.45) is 0 Å². The van der Waals surface area contributed by atoms with Gasteiger partial charge >= 0.3 is 0 Å². The molecule has 60 heavy (non-hydrogen) atoms. The van der Waals surface area contributed by atoms with Crippen LogP contribution in [0.4, 0.5) is 0 Å². The molecule has 3 atom stereocenters. The van der Waals surface area contributed by atoms with Crippen LogP contribution in [0.3, 0.4) is 0 Å². The summed E-state index contributed by atoms with van der Waals surface area (Å²) in [6.07, 6.45) is 64.7. The Labute approximate surface area is 374 Å².